The van der Waals surface area contributed by atoms with Gasteiger partial charge >= 0.3 is 0 Å². The largest absolute Gasteiger partial charge is 0.490 e. The van der Waals surface area contributed by atoms with Crippen LogP contribution in [-0.2, 0) is 4.79 Å². The summed E-state index contributed by atoms with van der Waals surface area (Å²) in [5.74, 6) is 1.92. The number of thioether (sulfide) groups is 1. The van der Waals surface area contributed by atoms with Crippen molar-refractivity contribution in [2.24, 2.45) is 0 Å². The van der Waals surface area contributed by atoms with Gasteiger partial charge in [0, 0.05) is 16.6 Å². The predicted molar refractivity (Wildman–Crippen MR) is 136 cm³/mol. The number of ether oxygens (including phenoxy) is 2. The molecule has 0 spiro atoms. The number of rotatable bonds is 8. The lowest BCUT2D eigenvalue weighted by Crippen LogP contribution is -2.27. The minimum Gasteiger partial charge on any atom is -0.490 e. The Bertz CT molecular complexity index is 1020. The van der Waals surface area contributed by atoms with Crippen LogP contribution in [0.15, 0.2) is 45.8 Å². The fraction of sp³-hybridized carbons (Fsp3) is 0.333. The molecule has 0 radical (unpaired) electrons. The molecule has 0 aromatic heterocycles. The number of hydrogen-bond acceptors (Lipinski definition) is 5. The summed E-state index contributed by atoms with van der Waals surface area (Å²) >= 11 is 10.1. The first kappa shape index (κ1) is 23.8. The molecule has 2 aromatic carbocycles. The summed E-state index contributed by atoms with van der Waals surface area (Å²) in [5, 5.41) is 0. The number of aryl methyl sites for hydroxylation is 1. The summed E-state index contributed by atoms with van der Waals surface area (Å²) in [6.45, 7) is 9.68. The maximum atomic E-state index is 12.6. The first-order valence-electron chi connectivity index (χ1n) is 10.2. The first-order valence-corrected chi connectivity index (χ1v) is 12.2. The summed E-state index contributed by atoms with van der Waals surface area (Å²) in [6.07, 6.45) is 1.84. The summed E-state index contributed by atoms with van der Waals surface area (Å²) in [4.78, 5) is 14.8. The molecular formula is C24H26BrNO3S2. The molecule has 164 valence electrons. The van der Waals surface area contributed by atoms with Crippen molar-refractivity contribution < 1.29 is 14.3 Å². The number of carbonyl (C=O) groups excluding carboxylic acids is 1. The lowest BCUT2D eigenvalue weighted by molar-refractivity contribution is -0.121. The molecule has 0 saturated carbocycles. The molecule has 1 fully saturated rings. The molecule has 0 bridgehead atoms. The van der Waals surface area contributed by atoms with Crippen molar-refractivity contribution in [3.05, 3.63) is 62.5 Å². The fourth-order valence-corrected chi connectivity index (χ4v) is 4.98. The number of hydrogen-bond donors (Lipinski definition) is 0. The molecule has 1 saturated heterocycles. The number of amides is 1. The van der Waals surface area contributed by atoms with Crippen molar-refractivity contribution in [3.63, 3.8) is 0 Å². The lowest BCUT2D eigenvalue weighted by atomic mass is 10.0. The topological polar surface area (TPSA) is 38.8 Å². The van der Waals surface area contributed by atoms with Crippen LogP contribution in [0.2, 0.25) is 0 Å². The van der Waals surface area contributed by atoms with E-state index in [1.165, 1.54) is 22.9 Å². The molecule has 2 aromatic rings. The van der Waals surface area contributed by atoms with Crippen LogP contribution in [-0.4, -0.2) is 34.9 Å². The Kier molecular flexibility index (Phi) is 8.19. The molecular weight excluding hydrogens is 494 g/mol. The van der Waals surface area contributed by atoms with E-state index >= 15 is 0 Å². The number of halogens is 1. The molecule has 1 amide bonds. The Morgan fingerprint density at radius 2 is 1.84 bits per heavy atom. The molecule has 1 heterocycles. The Hall–Kier alpha value is -1.83. The van der Waals surface area contributed by atoms with E-state index in [4.69, 9.17) is 21.7 Å². The minimum atomic E-state index is -0.0626. The second-order valence-corrected chi connectivity index (χ2v) is 10.1. The summed E-state index contributed by atoms with van der Waals surface area (Å²) in [6, 6.07) is 12.0. The lowest BCUT2D eigenvalue weighted by Gasteiger charge is -2.16. The van der Waals surface area contributed by atoms with Gasteiger partial charge in [-0.1, -0.05) is 65.9 Å². The van der Waals surface area contributed by atoms with Gasteiger partial charge in [0.1, 0.15) is 29.0 Å². The highest BCUT2D eigenvalue weighted by molar-refractivity contribution is 9.10. The van der Waals surface area contributed by atoms with Crippen molar-refractivity contribution >= 4 is 56.2 Å². The maximum Gasteiger partial charge on any atom is 0.266 e. The van der Waals surface area contributed by atoms with E-state index in [0.717, 1.165) is 15.8 Å². The van der Waals surface area contributed by atoms with Gasteiger partial charge in [-0.3, -0.25) is 9.69 Å². The van der Waals surface area contributed by atoms with Gasteiger partial charge in [0.15, 0.2) is 0 Å². The Morgan fingerprint density at radius 1 is 1.13 bits per heavy atom. The van der Waals surface area contributed by atoms with Crippen LogP contribution in [0.25, 0.3) is 6.08 Å². The normalized spacial score (nSPS) is 15.3. The van der Waals surface area contributed by atoms with Gasteiger partial charge in [0.2, 0.25) is 0 Å². The fourth-order valence-electron chi connectivity index (χ4n) is 3.22. The van der Waals surface area contributed by atoms with Crippen LogP contribution in [0.4, 0.5) is 0 Å². The van der Waals surface area contributed by atoms with Crippen LogP contribution < -0.4 is 9.47 Å². The predicted octanol–water partition coefficient (Wildman–Crippen LogP) is 6.56. The van der Waals surface area contributed by atoms with Gasteiger partial charge in [-0.25, -0.2) is 0 Å². The van der Waals surface area contributed by atoms with Crippen molar-refractivity contribution in [3.8, 4) is 11.5 Å². The second-order valence-electron chi connectivity index (χ2n) is 7.50. The summed E-state index contributed by atoms with van der Waals surface area (Å²) < 4.78 is 13.5. The van der Waals surface area contributed by atoms with Crippen molar-refractivity contribution in [2.75, 3.05) is 19.8 Å². The number of benzene rings is 2. The summed E-state index contributed by atoms with van der Waals surface area (Å²) in [7, 11) is 0. The SMILES string of the molecule is CCN1C(=O)/C(=C/c2cc(Br)ccc2OCCOc2cc(C)ccc2C(C)C)SC1=S. The van der Waals surface area contributed by atoms with E-state index in [9.17, 15) is 4.79 Å². The van der Waals surface area contributed by atoms with E-state index < -0.39 is 0 Å². The highest BCUT2D eigenvalue weighted by atomic mass is 79.9. The zero-order valence-electron chi connectivity index (χ0n) is 18.1. The molecule has 7 heteroatoms. The monoisotopic (exact) mass is 519 g/mol. The van der Waals surface area contributed by atoms with E-state index in [0.29, 0.717) is 40.7 Å². The van der Waals surface area contributed by atoms with Gasteiger partial charge in [0.25, 0.3) is 5.91 Å². The van der Waals surface area contributed by atoms with Gasteiger partial charge in [-0.2, -0.15) is 0 Å². The molecule has 0 atom stereocenters. The van der Waals surface area contributed by atoms with Crippen LogP contribution in [0.5, 0.6) is 11.5 Å². The van der Waals surface area contributed by atoms with Gasteiger partial charge in [-0.05, 0) is 61.2 Å². The molecule has 0 unspecified atom stereocenters. The maximum absolute atomic E-state index is 12.6. The third kappa shape index (κ3) is 5.90. The highest BCUT2D eigenvalue weighted by Crippen LogP contribution is 2.35. The molecule has 0 N–H and O–H groups in total. The quantitative estimate of drug-likeness (QED) is 0.224. The minimum absolute atomic E-state index is 0.0626. The Balaban J connectivity index is 1.70. The second kappa shape index (κ2) is 10.7. The van der Waals surface area contributed by atoms with E-state index in [1.807, 2.05) is 31.2 Å². The van der Waals surface area contributed by atoms with Crippen LogP contribution in [0, 0.1) is 6.92 Å². The molecule has 4 nitrogen and oxygen atoms in total. The molecule has 31 heavy (non-hydrogen) atoms. The zero-order chi connectivity index (χ0) is 22.5. The molecule has 1 aliphatic rings. The molecule has 1 aliphatic heterocycles. The molecule has 3 rings (SSSR count). The van der Waals surface area contributed by atoms with E-state index in [1.54, 1.807) is 4.90 Å². The number of carbonyl (C=O) groups is 1. The average Bonchev–Trinajstić information content (AvgIpc) is 2.98. The van der Waals surface area contributed by atoms with Gasteiger partial charge in [0.05, 0.1) is 4.91 Å². The Morgan fingerprint density at radius 3 is 2.48 bits per heavy atom. The summed E-state index contributed by atoms with van der Waals surface area (Å²) in [5.41, 5.74) is 3.18. The third-order valence-corrected chi connectivity index (χ3v) is 6.71. The zero-order valence-corrected chi connectivity index (χ0v) is 21.3. The number of thiocarbonyl (C=S) groups is 1. The molecule has 0 aliphatic carbocycles. The van der Waals surface area contributed by atoms with Crippen molar-refractivity contribution in [1.82, 2.24) is 4.90 Å². The van der Waals surface area contributed by atoms with Crippen molar-refractivity contribution in [2.45, 2.75) is 33.6 Å². The highest BCUT2D eigenvalue weighted by Gasteiger charge is 2.30. The van der Waals surface area contributed by atoms with E-state index in [2.05, 4.69) is 54.9 Å². The number of likely N-dealkylation sites (N-methyl/N-ethyl adjacent to an activating group) is 1. The number of nitrogens with zero attached hydrogens (tertiary/aromatic N) is 1. The smallest absolute Gasteiger partial charge is 0.266 e. The standard InChI is InChI=1S/C24H26BrNO3S2/c1-5-26-23(27)22(31-24(26)30)14-17-13-18(25)7-9-20(17)28-10-11-29-21-12-16(4)6-8-19(21)15(2)3/h6-9,12-15H,5,10-11H2,1-4H3/b22-14-. The Labute approximate surface area is 202 Å². The van der Waals surface area contributed by atoms with Gasteiger partial charge in [-0.15, -0.1) is 0 Å². The average molecular weight is 521 g/mol. The van der Waals surface area contributed by atoms with Crippen LogP contribution in [0.3, 0.4) is 0 Å². The van der Waals surface area contributed by atoms with Crippen molar-refractivity contribution in [1.29, 1.82) is 0 Å². The third-order valence-electron chi connectivity index (χ3n) is 4.84. The van der Waals surface area contributed by atoms with Gasteiger partial charge < -0.3 is 9.47 Å². The van der Waals surface area contributed by atoms with E-state index in [-0.39, 0.29) is 5.91 Å². The van der Waals surface area contributed by atoms with Crippen LogP contribution in [0.1, 0.15) is 43.4 Å². The first-order chi connectivity index (χ1) is 14.8. The van der Waals surface area contributed by atoms with Crippen LogP contribution >= 0.6 is 39.9 Å².